The van der Waals surface area contributed by atoms with Crippen LogP contribution < -0.4 is 10.2 Å². The van der Waals surface area contributed by atoms with Crippen molar-refractivity contribution >= 4 is 12.2 Å². The highest BCUT2D eigenvalue weighted by Gasteiger charge is 2.42. The zero-order valence-electron chi connectivity index (χ0n) is 11.2. The van der Waals surface area contributed by atoms with Crippen molar-refractivity contribution in [3.05, 3.63) is 27.7 Å². The van der Waals surface area contributed by atoms with Gasteiger partial charge in [-0.3, -0.25) is 14.4 Å². The number of aldehydes is 1. The summed E-state index contributed by atoms with van der Waals surface area (Å²) in [6.45, 7) is 2.72. The molecule has 0 radical (unpaired) electrons. The van der Waals surface area contributed by atoms with Crippen LogP contribution in [0.25, 0.3) is 0 Å². The van der Waals surface area contributed by atoms with Crippen molar-refractivity contribution in [3.8, 4) is 5.75 Å². The van der Waals surface area contributed by atoms with E-state index >= 15 is 0 Å². The summed E-state index contributed by atoms with van der Waals surface area (Å²) >= 11 is 0. The second-order valence-corrected chi connectivity index (χ2v) is 4.92. The molecule has 2 aliphatic rings. The zero-order valence-corrected chi connectivity index (χ0v) is 11.2. The quantitative estimate of drug-likeness (QED) is 0.704. The molecule has 3 heterocycles. The van der Waals surface area contributed by atoms with Gasteiger partial charge in [0.1, 0.15) is 0 Å². The van der Waals surface area contributed by atoms with Gasteiger partial charge >= 0.3 is 0 Å². The van der Waals surface area contributed by atoms with Crippen LogP contribution in [0.1, 0.15) is 27.8 Å². The summed E-state index contributed by atoms with van der Waals surface area (Å²) in [5, 5.41) is 0. The Morgan fingerprint density at radius 3 is 2.85 bits per heavy atom. The van der Waals surface area contributed by atoms with Gasteiger partial charge in [0.2, 0.25) is 5.43 Å². The predicted molar refractivity (Wildman–Crippen MR) is 68.0 cm³/mol. The minimum Gasteiger partial charge on any atom is -0.491 e. The van der Waals surface area contributed by atoms with Crippen LogP contribution in [0.4, 0.5) is 0 Å². The normalized spacial score (nSPS) is 24.3. The number of amides is 1. The minimum absolute atomic E-state index is 0.0297. The van der Waals surface area contributed by atoms with Gasteiger partial charge in [-0.2, -0.15) is 0 Å². The fraction of sp³-hybridized carbons (Fsp3) is 0.462. The molecule has 1 saturated heterocycles. The number of hydrogen-bond acceptors (Lipinski definition) is 5. The molecule has 1 aromatic heterocycles. The molecule has 20 heavy (non-hydrogen) atoms. The van der Waals surface area contributed by atoms with E-state index in [1.807, 2.05) is 6.92 Å². The lowest BCUT2D eigenvalue weighted by atomic mass is 10.1. The molecule has 106 valence electrons. The van der Waals surface area contributed by atoms with Gasteiger partial charge in [0.25, 0.3) is 5.91 Å². The lowest BCUT2D eigenvalue weighted by molar-refractivity contribution is 0.00625. The number of rotatable bonds is 2. The number of nitrogens with zero attached hydrogens (tertiary/aromatic N) is 2. The van der Waals surface area contributed by atoms with Crippen molar-refractivity contribution in [3.63, 3.8) is 0 Å². The van der Waals surface area contributed by atoms with Crippen LogP contribution in [-0.4, -0.2) is 47.6 Å². The van der Waals surface area contributed by atoms with Gasteiger partial charge in [0.15, 0.2) is 24.0 Å². The average Bonchev–Trinajstić information content (AvgIpc) is 2.80. The Kier molecular flexibility index (Phi) is 2.86. The number of hydrogen-bond donors (Lipinski definition) is 0. The predicted octanol–water partition coefficient (Wildman–Crippen LogP) is -0.130. The zero-order chi connectivity index (χ0) is 14.4. The first-order chi connectivity index (χ1) is 9.58. The standard InChI is InChI=1S/C13H14N2O5/c1-7-6-20-9-4-14-3-8(5-16)11(17)12(19-2)10(14)13(18)15(7)9/h3,5,7,9H,4,6H2,1-2H3/t7-,9?/m1/s1. The summed E-state index contributed by atoms with van der Waals surface area (Å²) in [6.07, 6.45) is 1.48. The van der Waals surface area contributed by atoms with Crippen molar-refractivity contribution in [2.75, 3.05) is 13.7 Å². The van der Waals surface area contributed by atoms with Gasteiger partial charge in [0, 0.05) is 6.20 Å². The van der Waals surface area contributed by atoms with Crippen LogP contribution in [0.15, 0.2) is 11.0 Å². The van der Waals surface area contributed by atoms with E-state index in [1.54, 1.807) is 9.47 Å². The van der Waals surface area contributed by atoms with Gasteiger partial charge < -0.3 is 18.9 Å². The summed E-state index contributed by atoms with van der Waals surface area (Å²) in [5.41, 5.74) is -0.414. The molecule has 7 nitrogen and oxygen atoms in total. The van der Waals surface area contributed by atoms with Crippen molar-refractivity contribution in [2.45, 2.75) is 25.7 Å². The maximum absolute atomic E-state index is 12.6. The Bertz CT molecular complexity index is 651. The molecule has 0 N–H and O–H groups in total. The van der Waals surface area contributed by atoms with E-state index in [0.29, 0.717) is 19.4 Å². The van der Waals surface area contributed by atoms with Crippen LogP contribution in [-0.2, 0) is 11.3 Å². The second kappa shape index (κ2) is 4.45. The number of fused-ring (bicyclic) bond motifs is 2. The number of aromatic nitrogens is 1. The average molecular weight is 278 g/mol. The fourth-order valence-corrected chi connectivity index (χ4v) is 2.75. The number of carbonyl (C=O) groups is 2. The molecule has 3 rings (SSSR count). The monoisotopic (exact) mass is 278 g/mol. The molecule has 0 aromatic carbocycles. The van der Waals surface area contributed by atoms with E-state index in [4.69, 9.17) is 9.47 Å². The summed E-state index contributed by atoms with van der Waals surface area (Å²) in [7, 11) is 1.31. The highest BCUT2D eigenvalue weighted by molar-refractivity contribution is 5.97. The lowest BCUT2D eigenvalue weighted by Gasteiger charge is -2.33. The second-order valence-electron chi connectivity index (χ2n) is 4.92. The van der Waals surface area contributed by atoms with Crippen LogP contribution in [0.5, 0.6) is 5.75 Å². The Morgan fingerprint density at radius 1 is 1.45 bits per heavy atom. The molecule has 1 fully saturated rings. The molecule has 1 unspecified atom stereocenters. The molecule has 0 bridgehead atoms. The van der Waals surface area contributed by atoms with Crippen LogP contribution in [0, 0.1) is 0 Å². The van der Waals surface area contributed by atoms with E-state index in [0.717, 1.165) is 0 Å². The summed E-state index contributed by atoms with van der Waals surface area (Å²) in [6, 6.07) is -0.0493. The van der Waals surface area contributed by atoms with Gasteiger partial charge in [-0.05, 0) is 6.92 Å². The maximum Gasteiger partial charge on any atom is 0.276 e. The van der Waals surface area contributed by atoms with Gasteiger partial charge in [-0.1, -0.05) is 0 Å². The first-order valence-electron chi connectivity index (χ1n) is 6.29. The third-order valence-electron chi connectivity index (χ3n) is 3.70. The van der Waals surface area contributed by atoms with E-state index in [1.165, 1.54) is 13.3 Å². The first-order valence-corrected chi connectivity index (χ1v) is 6.29. The van der Waals surface area contributed by atoms with Gasteiger partial charge in [-0.15, -0.1) is 0 Å². The third kappa shape index (κ3) is 1.59. The van der Waals surface area contributed by atoms with Crippen molar-refractivity contribution in [2.24, 2.45) is 0 Å². The molecule has 1 amide bonds. The van der Waals surface area contributed by atoms with Crippen molar-refractivity contribution < 1.29 is 19.1 Å². The van der Waals surface area contributed by atoms with Gasteiger partial charge in [-0.25, -0.2) is 0 Å². The first kappa shape index (κ1) is 12.9. The van der Waals surface area contributed by atoms with Crippen molar-refractivity contribution in [1.29, 1.82) is 0 Å². The molecular weight excluding hydrogens is 264 g/mol. The number of pyridine rings is 1. The third-order valence-corrected chi connectivity index (χ3v) is 3.70. The molecular formula is C13H14N2O5. The molecule has 1 aromatic rings. The Morgan fingerprint density at radius 2 is 2.20 bits per heavy atom. The number of ether oxygens (including phenoxy) is 2. The molecule has 2 atom stereocenters. The van der Waals surface area contributed by atoms with Crippen LogP contribution in [0.2, 0.25) is 0 Å². The lowest BCUT2D eigenvalue weighted by Crippen LogP contribution is -2.49. The Hall–Kier alpha value is -2.15. The topological polar surface area (TPSA) is 77.8 Å². The molecule has 2 aliphatic heterocycles. The number of carbonyl (C=O) groups excluding carboxylic acids is 2. The minimum atomic E-state index is -0.562. The number of methoxy groups -OCH3 is 1. The van der Waals surface area contributed by atoms with Crippen LogP contribution in [0.3, 0.4) is 0 Å². The largest absolute Gasteiger partial charge is 0.491 e. The van der Waals surface area contributed by atoms with E-state index in [-0.39, 0.29) is 35.2 Å². The van der Waals surface area contributed by atoms with E-state index in [2.05, 4.69) is 0 Å². The summed E-state index contributed by atoms with van der Waals surface area (Å²) in [5.74, 6) is -0.394. The Balaban J connectivity index is 2.22. The molecule has 0 aliphatic carbocycles. The van der Waals surface area contributed by atoms with E-state index < -0.39 is 5.43 Å². The maximum atomic E-state index is 12.6. The molecule has 0 saturated carbocycles. The van der Waals surface area contributed by atoms with Gasteiger partial charge in [0.05, 0.1) is 31.9 Å². The van der Waals surface area contributed by atoms with Crippen LogP contribution >= 0.6 is 0 Å². The summed E-state index contributed by atoms with van der Waals surface area (Å²) < 4.78 is 12.2. The summed E-state index contributed by atoms with van der Waals surface area (Å²) in [4.78, 5) is 37.2. The van der Waals surface area contributed by atoms with Crippen molar-refractivity contribution in [1.82, 2.24) is 9.47 Å². The molecule has 0 spiro atoms. The SMILES string of the molecule is COc1c2n(cc(C=O)c1=O)CC1OC[C@@H](C)N1C2=O. The fourth-order valence-electron chi connectivity index (χ4n) is 2.75. The smallest absolute Gasteiger partial charge is 0.276 e. The highest BCUT2D eigenvalue weighted by atomic mass is 16.5. The van der Waals surface area contributed by atoms with E-state index in [9.17, 15) is 14.4 Å². The Labute approximate surface area is 114 Å². The highest BCUT2D eigenvalue weighted by Crippen LogP contribution is 2.29. The molecule has 7 heteroatoms.